The maximum Gasteiger partial charge on any atom is 0.122 e. The van der Waals surface area contributed by atoms with Crippen molar-refractivity contribution in [2.45, 2.75) is 71.1 Å². The molecule has 2 heteroatoms. The van der Waals surface area contributed by atoms with Crippen molar-refractivity contribution < 1.29 is 10.2 Å². The molecule has 0 fully saturated rings. The zero-order valence-electron chi connectivity index (χ0n) is 14.7. The quantitative estimate of drug-likeness (QED) is 0.460. The van der Waals surface area contributed by atoms with E-state index in [1.165, 1.54) is 6.42 Å². The van der Waals surface area contributed by atoms with Gasteiger partial charge in [0.05, 0.1) is 0 Å². The maximum absolute atomic E-state index is 10.1. The van der Waals surface area contributed by atoms with Crippen LogP contribution < -0.4 is 0 Å². The predicted molar refractivity (Wildman–Crippen MR) is 99.1 cm³/mol. The summed E-state index contributed by atoms with van der Waals surface area (Å²) in [5, 5.41) is 20.2. The normalized spacial score (nSPS) is 13.1. The average molecular weight is 316 g/mol. The van der Waals surface area contributed by atoms with Crippen LogP contribution in [0.3, 0.4) is 0 Å². The third-order valence-corrected chi connectivity index (χ3v) is 4.12. The van der Waals surface area contributed by atoms with E-state index in [0.29, 0.717) is 0 Å². The van der Waals surface area contributed by atoms with Crippen LogP contribution in [-0.4, -0.2) is 10.2 Å². The lowest BCUT2D eigenvalue weighted by Gasteiger charge is -2.19. The summed E-state index contributed by atoms with van der Waals surface area (Å²) in [6.07, 6.45) is 17.4. The van der Waals surface area contributed by atoms with Crippen LogP contribution in [0.1, 0.15) is 76.7 Å². The minimum atomic E-state index is 0.219. The summed E-state index contributed by atoms with van der Waals surface area (Å²) < 4.78 is 0. The molecule has 128 valence electrons. The van der Waals surface area contributed by atoms with Gasteiger partial charge in [-0.25, -0.2) is 0 Å². The van der Waals surface area contributed by atoms with Gasteiger partial charge in [0.15, 0.2) is 0 Å². The molecule has 23 heavy (non-hydrogen) atoms. The molecule has 1 rings (SSSR count). The van der Waals surface area contributed by atoms with Crippen LogP contribution in [0.15, 0.2) is 42.5 Å². The van der Waals surface area contributed by atoms with Crippen LogP contribution in [-0.2, 0) is 0 Å². The summed E-state index contributed by atoms with van der Waals surface area (Å²) in [6, 6.07) is 5.03. The van der Waals surface area contributed by atoms with E-state index < -0.39 is 0 Å². The summed E-state index contributed by atoms with van der Waals surface area (Å²) in [7, 11) is 0. The number of phenolic OH excluding ortho intramolecular Hbond substituents is 2. The first-order valence-corrected chi connectivity index (χ1v) is 9.01. The van der Waals surface area contributed by atoms with Crippen molar-refractivity contribution in [2.24, 2.45) is 0 Å². The lowest BCUT2D eigenvalue weighted by atomic mass is 9.88. The predicted octanol–water partition coefficient (Wildman–Crippen LogP) is 6.45. The van der Waals surface area contributed by atoms with E-state index in [1.54, 1.807) is 18.2 Å². The molecular formula is C21H32O2. The first-order valence-electron chi connectivity index (χ1n) is 9.01. The van der Waals surface area contributed by atoms with Gasteiger partial charge in [-0.2, -0.15) is 0 Å². The summed E-state index contributed by atoms with van der Waals surface area (Å²) in [6.45, 7) is 4.36. The first-order chi connectivity index (χ1) is 11.2. The van der Waals surface area contributed by atoms with E-state index in [1.807, 2.05) is 0 Å². The molecule has 2 nitrogen and oxygen atoms in total. The fraction of sp³-hybridized carbons (Fsp3) is 0.524. The van der Waals surface area contributed by atoms with Crippen molar-refractivity contribution in [2.75, 3.05) is 0 Å². The number of hydrogen-bond donors (Lipinski definition) is 2. The second-order valence-corrected chi connectivity index (χ2v) is 6.09. The number of allylic oxidation sites excluding steroid dienone is 4. The Bertz CT molecular complexity index is 468. The Morgan fingerprint density at radius 3 is 2.13 bits per heavy atom. The minimum Gasteiger partial charge on any atom is -0.508 e. The van der Waals surface area contributed by atoms with Crippen LogP contribution >= 0.6 is 0 Å². The topological polar surface area (TPSA) is 40.5 Å². The zero-order valence-corrected chi connectivity index (χ0v) is 14.7. The molecule has 0 saturated heterocycles. The standard InChI is InChI=1S/C21H32O2/c1-3-5-7-8-9-10-11-12-15-18(14-6-4-2)21-19(22)16-13-17-20(21)23/h7-8,10-11,13,16-18,22-23H,3-6,9,12,14-15H2,1-2H3. The minimum absolute atomic E-state index is 0.219. The summed E-state index contributed by atoms with van der Waals surface area (Å²) in [5.74, 6) is 0.659. The Hall–Kier alpha value is -1.70. The molecule has 1 aromatic rings. The molecular weight excluding hydrogens is 284 g/mol. The van der Waals surface area contributed by atoms with Gasteiger partial charge in [0, 0.05) is 5.56 Å². The van der Waals surface area contributed by atoms with Gasteiger partial charge in [-0.15, -0.1) is 0 Å². The fourth-order valence-electron chi connectivity index (χ4n) is 2.81. The van der Waals surface area contributed by atoms with Crippen molar-refractivity contribution in [1.82, 2.24) is 0 Å². The lowest BCUT2D eigenvalue weighted by Crippen LogP contribution is -2.00. The highest BCUT2D eigenvalue weighted by Gasteiger charge is 2.18. The van der Waals surface area contributed by atoms with Gasteiger partial charge in [-0.05, 0) is 50.2 Å². The molecule has 0 spiro atoms. The molecule has 0 saturated carbocycles. The van der Waals surface area contributed by atoms with Crippen LogP contribution in [0.5, 0.6) is 11.5 Å². The molecule has 2 N–H and O–H groups in total. The van der Waals surface area contributed by atoms with E-state index in [4.69, 9.17) is 0 Å². The van der Waals surface area contributed by atoms with Crippen molar-refractivity contribution in [3.63, 3.8) is 0 Å². The van der Waals surface area contributed by atoms with Gasteiger partial charge in [0.1, 0.15) is 11.5 Å². The monoisotopic (exact) mass is 316 g/mol. The van der Waals surface area contributed by atoms with Gasteiger partial charge in [-0.3, -0.25) is 0 Å². The van der Waals surface area contributed by atoms with Crippen LogP contribution in [0, 0.1) is 0 Å². The Morgan fingerprint density at radius 1 is 0.870 bits per heavy atom. The molecule has 0 aromatic heterocycles. The van der Waals surface area contributed by atoms with Crippen LogP contribution in [0.25, 0.3) is 0 Å². The summed E-state index contributed by atoms with van der Waals surface area (Å²) in [5.41, 5.74) is 0.720. The number of aromatic hydroxyl groups is 2. The van der Waals surface area contributed by atoms with Crippen LogP contribution in [0.4, 0.5) is 0 Å². The van der Waals surface area contributed by atoms with Gasteiger partial charge < -0.3 is 10.2 Å². The zero-order chi connectivity index (χ0) is 16.9. The molecule has 1 unspecified atom stereocenters. The number of unbranched alkanes of at least 4 members (excludes halogenated alkanes) is 2. The molecule has 1 aromatic carbocycles. The van der Waals surface area contributed by atoms with Crippen LogP contribution in [0.2, 0.25) is 0 Å². The summed E-state index contributed by atoms with van der Waals surface area (Å²) >= 11 is 0. The van der Waals surface area contributed by atoms with E-state index >= 15 is 0 Å². The van der Waals surface area contributed by atoms with Gasteiger partial charge in [-0.1, -0.05) is 63.5 Å². The Morgan fingerprint density at radius 2 is 1.52 bits per heavy atom. The third kappa shape index (κ3) is 7.40. The third-order valence-electron chi connectivity index (χ3n) is 4.12. The van der Waals surface area contributed by atoms with Crippen molar-refractivity contribution in [3.05, 3.63) is 48.1 Å². The van der Waals surface area contributed by atoms with E-state index in [9.17, 15) is 10.2 Å². The second-order valence-electron chi connectivity index (χ2n) is 6.09. The Labute approximate surface area is 141 Å². The number of hydrogen-bond acceptors (Lipinski definition) is 2. The fourth-order valence-corrected chi connectivity index (χ4v) is 2.81. The average Bonchev–Trinajstić information content (AvgIpc) is 2.54. The molecule has 0 bridgehead atoms. The van der Waals surface area contributed by atoms with Gasteiger partial charge in [0.25, 0.3) is 0 Å². The molecule has 0 aliphatic heterocycles. The Kier molecular flexibility index (Phi) is 9.94. The van der Waals surface area contributed by atoms with Crippen molar-refractivity contribution in [1.29, 1.82) is 0 Å². The number of rotatable bonds is 11. The second kappa shape index (κ2) is 11.8. The lowest BCUT2D eigenvalue weighted by molar-refractivity contribution is 0.416. The smallest absolute Gasteiger partial charge is 0.122 e. The van der Waals surface area contributed by atoms with E-state index in [0.717, 1.165) is 50.5 Å². The highest BCUT2D eigenvalue weighted by atomic mass is 16.3. The molecule has 0 radical (unpaired) electrons. The van der Waals surface area contributed by atoms with Crippen molar-refractivity contribution in [3.8, 4) is 11.5 Å². The first kappa shape index (κ1) is 19.3. The van der Waals surface area contributed by atoms with Gasteiger partial charge in [0.2, 0.25) is 0 Å². The number of phenols is 2. The highest BCUT2D eigenvalue weighted by molar-refractivity contribution is 5.45. The highest BCUT2D eigenvalue weighted by Crippen LogP contribution is 2.39. The Balaban J connectivity index is 2.57. The SMILES string of the molecule is CCCC=CCC=CCCC(CCCC)c1c(O)cccc1O. The molecule has 1 atom stereocenters. The van der Waals surface area contributed by atoms with E-state index in [-0.39, 0.29) is 17.4 Å². The molecule has 0 aliphatic rings. The maximum atomic E-state index is 10.1. The van der Waals surface area contributed by atoms with E-state index in [2.05, 4.69) is 38.2 Å². The molecule has 0 amide bonds. The van der Waals surface area contributed by atoms with Crippen molar-refractivity contribution >= 4 is 0 Å². The number of benzene rings is 1. The van der Waals surface area contributed by atoms with Gasteiger partial charge >= 0.3 is 0 Å². The molecule has 0 aliphatic carbocycles. The largest absolute Gasteiger partial charge is 0.508 e. The summed E-state index contributed by atoms with van der Waals surface area (Å²) in [4.78, 5) is 0. The molecule has 0 heterocycles.